The topological polar surface area (TPSA) is 66.6 Å². The summed E-state index contributed by atoms with van der Waals surface area (Å²) in [6, 6.07) is 7.97. The normalized spacial score (nSPS) is 21.8. The number of likely N-dealkylation sites (tertiary alicyclic amines) is 1. The van der Waals surface area contributed by atoms with E-state index in [4.69, 9.17) is 5.73 Å². The lowest BCUT2D eigenvalue weighted by Crippen LogP contribution is -2.45. The first-order chi connectivity index (χ1) is 11.5. The van der Waals surface area contributed by atoms with Gasteiger partial charge in [-0.25, -0.2) is 0 Å². The highest BCUT2D eigenvalue weighted by Crippen LogP contribution is 2.23. The quantitative estimate of drug-likeness (QED) is 0.890. The molecule has 2 unspecified atom stereocenters. The lowest BCUT2D eigenvalue weighted by molar-refractivity contribution is -0.132. The van der Waals surface area contributed by atoms with Crippen LogP contribution in [0, 0.1) is 5.92 Å². The van der Waals surface area contributed by atoms with Crippen molar-refractivity contribution < 1.29 is 9.59 Å². The predicted molar refractivity (Wildman–Crippen MR) is 102 cm³/mol. The third-order valence-corrected chi connectivity index (χ3v) is 5.23. The first-order valence-electron chi connectivity index (χ1n) is 8.97. The maximum Gasteiger partial charge on any atom is 0.227 e. The molecule has 6 heteroatoms. The molecule has 3 rings (SSSR count). The van der Waals surface area contributed by atoms with Crippen LogP contribution in [0.5, 0.6) is 0 Å². The summed E-state index contributed by atoms with van der Waals surface area (Å²) in [5, 5.41) is 0. The monoisotopic (exact) mass is 365 g/mol. The third-order valence-electron chi connectivity index (χ3n) is 5.23. The van der Waals surface area contributed by atoms with Crippen LogP contribution >= 0.6 is 12.4 Å². The van der Waals surface area contributed by atoms with Crippen molar-refractivity contribution in [1.82, 2.24) is 4.90 Å². The van der Waals surface area contributed by atoms with Gasteiger partial charge in [0.05, 0.1) is 6.42 Å². The van der Waals surface area contributed by atoms with Crippen molar-refractivity contribution >= 4 is 29.9 Å². The summed E-state index contributed by atoms with van der Waals surface area (Å²) in [6.07, 6.45) is 4.12. The average molecular weight is 366 g/mol. The minimum absolute atomic E-state index is 0. The van der Waals surface area contributed by atoms with Crippen LogP contribution in [0.2, 0.25) is 0 Å². The van der Waals surface area contributed by atoms with Gasteiger partial charge in [-0.15, -0.1) is 12.4 Å². The van der Waals surface area contributed by atoms with E-state index in [1.54, 1.807) is 0 Å². The molecule has 25 heavy (non-hydrogen) atoms. The molecule has 1 aromatic carbocycles. The summed E-state index contributed by atoms with van der Waals surface area (Å²) < 4.78 is 0. The summed E-state index contributed by atoms with van der Waals surface area (Å²) in [5.41, 5.74) is 7.93. The van der Waals surface area contributed by atoms with Crippen molar-refractivity contribution in [3.63, 3.8) is 0 Å². The molecule has 0 aliphatic carbocycles. The minimum Gasteiger partial charge on any atom is -0.342 e. The Morgan fingerprint density at radius 3 is 2.56 bits per heavy atom. The Hall–Kier alpha value is -1.59. The van der Waals surface area contributed by atoms with E-state index in [1.165, 1.54) is 0 Å². The molecule has 2 aliphatic rings. The Morgan fingerprint density at radius 2 is 1.96 bits per heavy atom. The van der Waals surface area contributed by atoms with E-state index in [0.717, 1.165) is 50.1 Å². The summed E-state index contributed by atoms with van der Waals surface area (Å²) in [5.74, 6) is 0.769. The molecule has 2 saturated heterocycles. The van der Waals surface area contributed by atoms with Crippen LogP contribution in [0.15, 0.2) is 24.3 Å². The molecule has 2 aliphatic heterocycles. The molecule has 0 radical (unpaired) electrons. The third kappa shape index (κ3) is 4.73. The zero-order valence-corrected chi connectivity index (χ0v) is 15.6. The first-order valence-corrected chi connectivity index (χ1v) is 8.97. The fraction of sp³-hybridized carbons (Fsp3) is 0.579. The molecule has 0 spiro atoms. The second-order valence-electron chi connectivity index (χ2n) is 7.09. The van der Waals surface area contributed by atoms with E-state index in [-0.39, 0.29) is 30.3 Å². The van der Waals surface area contributed by atoms with Crippen molar-refractivity contribution in [3.8, 4) is 0 Å². The Morgan fingerprint density at radius 1 is 1.24 bits per heavy atom. The standard InChI is InChI=1S/C19H27N3O2.ClH/c1-14(20)16-4-2-10-21(13-16)19(24)12-15-6-8-17(9-7-15)22-11-3-5-18(22)23;/h6-9,14,16H,2-5,10-13,20H2,1H3;1H. The number of amides is 2. The number of benzene rings is 1. The van der Waals surface area contributed by atoms with Crippen molar-refractivity contribution in [2.24, 2.45) is 11.7 Å². The smallest absolute Gasteiger partial charge is 0.227 e. The molecule has 2 atom stereocenters. The number of halogens is 1. The van der Waals surface area contributed by atoms with Gasteiger partial charge < -0.3 is 15.5 Å². The molecule has 1 aromatic rings. The SMILES string of the molecule is CC(N)C1CCCN(C(=O)Cc2ccc(N3CCCC3=O)cc2)C1.Cl. The van der Waals surface area contributed by atoms with Crippen molar-refractivity contribution in [2.45, 2.75) is 45.1 Å². The Labute approximate surface area is 155 Å². The number of carbonyl (C=O) groups is 2. The number of nitrogens with two attached hydrogens (primary N) is 1. The van der Waals surface area contributed by atoms with E-state index in [9.17, 15) is 9.59 Å². The maximum absolute atomic E-state index is 12.5. The molecule has 2 N–H and O–H groups in total. The van der Waals surface area contributed by atoms with Gasteiger partial charge >= 0.3 is 0 Å². The number of piperidine rings is 1. The lowest BCUT2D eigenvalue weighted by atomic mass is 9.92. The average Bonchev–Trinajstić information content (AvgIpc) is 3.01. The van der Waals surface area contributed by atoms with E-state index in [2.05, 4.69) is 0 Å². The second kappa shape index (κ2) is 8.68. The van der Waals surface area contributed by atoms with Crippen molar-refractivity contribution in [3.05, 3.63) is 29.8 Å². The summed E-state index contributed by atoms with van der Waals surface area (Å²) >= 11 is 0. The number of nitrogens with zero attached hydrogens (tertiary/aromatic N) is 2. The summed E-state index contributed by atoms with van der Waals surface area (Å²) in [6.45, 7) is 4.43. The second-order valence-corrected chi connectivity index (χ2v) is 7.09. The molecule has 0 bridgehead atoms. The van der Waals surface area contributed by atoms with E-state index >= 15 is 0 Å². The number of hydrogen-bond acceptors (Lipinski definition) is 3. The van der Waals surface area contributed by atoms with Gasteiger partial charge in [0.1, 0.15) is 0 Å². The Balaban J connectivity index is 0.00000225. The molecule has 0 saturated carbocycles. The minimum atomic E-state index is 0. The maximum atomic E-state index is 12.5. The van der Waals surface area contributed by atoms with Crippen molar-refractivity contribution in [2.75, 3.05) is 24.5 Å². The molecular formula is C19H28ClN3O2. The lowest BCUT2D eigenvalue weighted by Gasteiger charge is -2.34. The fourth-order valence-corrected chi connectivity index (χ4v) is 3.67. The van der Waals surface area contributed by atoms with Gasteiger partial charge in [0.25, 0.3) is 0 Å². The Kier molecular flexibility index (Phi) is 6.85. The highest BCUT2D eigenvalue weighted by Gasteiger charge is 2.26. The van der Waals surface area contributed by atoms with Crippen LogP contribution in [-0.2, 0) is 16.0 Å². The van der Waals surface area contributed by atoms with Crippen LogP contribution in [0.25, 0.3) is 0 Å². The molecule has 2 amide bonds. The van der Waals surface area contributed by atoms with Gasteiger partial charge in [0.2, 0.25) is 11.8 Å². The zero-order chi connectivity index (χ0) is 17.1. The number of hydrogen-bond donors (Lipinski definition) is 1. The van der Waals surface area contributed by atoms with Crippen molar-refractivity contribution in [1.29, 1.82) is 0 Å². The summed E-state index contributed by atoms with van der Waals surface area (Å²) in [4.78, 5) is 28.1. The van der Waals surface area contributed by atoms with Gasteiger partial charge in [0, 0.05) is 37.8 Å². The van der Waals surface area contributed by atoms with Gasteiger partial charge in [-0.05, 0) is 49.8 Å². The molecule has 138 valence electrons. The van der Waals surface area contributed by atoms with E-state index in [0.29, 0.717) is 18.8 Å². The molecule has 5 nitrogen and oxygen atoms in total. The van der Waals surface area contributed by atoms with Crippen LogP contribution in [-0.4, -0.2) is 42.4 Å². The summed E-state index contributed by atoms with van der Waals surface area (Å²) in [7, 11) is 0. The van der Waals surface area contributed by atoms with E-state index < -0.39 is 0 Å². The molecule has 2 fully saturated rings. The van der Waals surface area contributed by atoms with Crippen LogP contribution in [0.1, 0.15) is 38.2 Å². The zero-order valence-electron chi connectivity index (χ0n) is 14.8. The number of carbonyl (C=O) groups excluding carboxylic acids is 2. The van der Waals surface area contributed by atoms with Gasteiger partial charge in [-0.3, -0.25) is 9.59 Å². The van der Waals surface area contributed by atoms with Gasteiger partial charge in [0.15, 0.2) is 0 Å². The van der Waals surface area contributed by atoms with E-state index in [1.807, 2.05) is 41.0 Å². The predicted octanol–water partition coefficient (Wildman–Crippen LogP) is 2.36. The largest absolute Gasteiger partial charge is 0.342 e. The van der Waals surface area contributed by atoms with Gasteiger partial charge in [-0.2, -0.15) is 0 Å². The number of rotatable bonds is 4. The number of anilines is 1. The Bertz CT molecular complexity index is 603. The van der Waals surface area contributed by atoms with Gasteiger partial charge in [-0.1, -0.05) is 12.1 Å². The van der Waals surface area contributed by atoms with Crippen LogP contribution < -0.4 is 10.6 Å². The van der Waals surface area contributed by atoms with Crippen LogP contribution in [0.4, 0.5) is 5.69 Å². The molecule has 2 heterocycles. The fourth-order valence-electron chi connectivity index (χ4n) is 3.67. The first kappa shape index (κ1) is 19.7. The van der Waals surface area contributed by atoms with Crippen LogP contribution in [0.3, 0.4) is 0 Å². The highest BCUT2D eigenvalue weighted by molar-refractivity contribution is 5.95. The highest BCUT2D eigenvalue weighted by atomic mass is 35.5. The molecule has 0 aromatic heterocycles. The molecular weight excluding hydrogens is 338 g/mol.